The highest BCUT2D eigenvalue weighted by Gasteiger charge is 2.27. The number of aromatic nitrogens is 2. The number of rotatable bonds is 6. The van der Waals surface area contributed by atoms with Crippen LogP contribution in [0.3, 0.4) is 0 Å². The Labute approximate surface area is 217 Å². The molecule has 0 unspecified atom stereocenters. The lowest BCUT2D eigenvalue weighted by Crippen LogP contribution is -2.21. The van der Waals surface area contributed by atoms with E-state index in [1.807, 2.05) is 11.0 Å². The quantitative estimate of drug-likeness (QED) is 0.315. The smallest absolute Gasteiger partial charge is 0.339 e. The molecule has 0 bridgehead atoms. The van der Waals surface area contributed by atoms with E-state index in [1.165, 1.54) is 26.4 Å². The van der Waals surface area contributed by atoms with E-state index in [4.69, 9.17) is 26.1 Å². The predicted octanol–water partition coefficient (Wildman–Crippen LogP) is 6.09. The molecule has 1 aromatic heterocycles. The summed E-state index contributed by atoms with van der Waals surface area (Å²) in [6, 6.07) is 14.7. The van der Waals surface area contributed by atoms with E-state index in [1.54, 1.807) is 42.6 Å². The van der Waals surface area contributed by atoms with Crippen LogP contribution in [0.15, 0.2) is 60.8 Å². The molecule has 2 heterocycles. The highest BCUT2D eigenvalue weighted by molar-refractivity contribution is 6.31. The molecule has 2 N–H and O–H groups in total. The lowest BCUT2D eigenvalue weighted by molar-refractivity contribution is 0.0693. The number of hydrogen-bond acceptors (Lipinski definition) is 7. The minimum Gasteiger partial charge on any atom is -0.496 e. The summed E-state index contributed by atoms with van der Waals surface area (Å²) in [5, 5.41) is 12.9. The van der Waals surface area contributed by atoms with Crippen LogP contribution in [0, 0.1) is 5.82 Å². The van der Waals surface area contributed by atoms with Crippen LogP contribution in [0.4, 0.5) is 27.4 Å². The number of nitrogens with one attached hydrogen (secondary N) is 1. The Hall–Kier alpha value is -4.37. The summed E-state index contributed by atoms with van der Waals surface area (Å²) in [6.07, 6.45) is 2.27. The lowest BCUT2D eigenvalue weighted by Gasteiger charge is -2.27. The van der Waals surface area contributed by atoms with Gasteiger partial charge in [0.25, 0.3) is 0 Å². The van der Waals surface area contributed by atoms with Crippen LogP contribution in [0.2, 0.25) is 5.02 Å². The fourth-order valence-electron chi connectivity index (χ4n) is 4.39. The number of nitrogens with zero attached hydrogens (tertiary/aromatic N) is 3. The molecule has 8 nitrogen and oxygen atoms in total. The van der Waals surface area contributed by atoms with Gasteiger partial charge in [-0.2, -0.15) is 0 Å². The Bertz CT molecular complexity index is 1510. The molecular weight excluding hydrogens is 499 g/mol. The van der Waals surface area contributed by atoms with Gasteiger partial charge >= 0.3 is 5.97 Å². The average molecular weight is 521 g/mol. The number of para-hydroxylation sites is 1. The Morgan fingerprint density at radius 2 is 1.92 bits per heavy atom. The maximum absolute atomic E-state index is 15.1. The van der Waals surface area contributed by atoms with E-state index < -0.39 is 11.8 Å². The first-order valence-electron chi connectivity index (χ1n) is 11.3. The van der Waals surface area contributed by atoms with Crippen LogP contribution in [0.5, 0.6) is 11.5 Å². The molecule has 0 saturated carbocycles. The van der Waals surface area contributed by atoms with Crippen molar-refractivity contribution in [2.75, 3.05) is 31.0 Å². The Kier molecular flexibility index (Phi) is 6.54. The van der Waals surface area contributed by atoms with Crippen LogP contribution >= 0.6 is 11.6 Å². The number of fused-ring (bicyclic) bond motifs is 3. The third-order valence-electron chi connectivity index (χ3n) is 6.10. The molecule has 10 heteroatoms. The summed E-state index contributed by atoms with van der Waals surface area (Å²) in [5.74, 6) is -0.577. The number of aromatic carboxylic acids is 1. The molecule has 5 rings (SSSR count). The predicted molar refractivity (Wildman–Crippen MR) is 139 cm³/mol. The third-order valence-corrected chi connectivity index (χ3v) is 6.34. The fourth-order valence-corrected chi connectivity index (χ4v) is 4.56. The van der Waals surface area contributed by atoms with E-state index in [0.717, 1.165) is 11.1 Å². The zero-order chi connectivity index (χ0) is 26.1. The summed E-state index contributed by atoms with van der Waals surface area (Å²) < 4.78 is 25.8. The van der Waals surface area contributed by atoms with Crippen molar-refractivity contribution in [2.45, 2.75) is 6.42 Å². The van der Waals surface area contributed by atoms with Crippen molar-refractivity contribution in [3.63, 3.8) is 0 Å². The minimum absolute atomic E-state index is 0.0466. The number of carboxylic acid groups (broad SMARTS) is 1. The number of carbonyl (C=O) groups is 1. The van der Waals surface area contributed by atoms with Crippen LogP contribution in [-0.2, 0) is 6.42 Å². The molecule has 0 spiro atoms. The second-order valence-electron chi connectivity index (χ2n) is 8.27. The molecule has 3 aromatic carbocycles. The molecule has 0 radical (unpaired) electrons. The van der Waals surface area contributed by atoms with Crippen molar-refractivity contribution in [1.29, 1.82) is 0 Å². The van der Waals surface area contributed by atoms with Crippen molar-refractivity contribution in [3.8, 4) is 22.8 Å². The van der Waals surface area contributed by atoms with Gasteiger partial charge in [-0.1, -0.05) is 17.7 Å². The minimum atomic E-state index is -1.09. The number of methoxy groups -OCH3 is 2. The van der Waals surface area contributed by atoms with Gasteiger partial charge in [-0.05, 0) is 54.4 Å². The summed E-state index contributed by atoms with van der Waals surface area (Å²) in [5.41, 5.74) is 3.92. The van der Waals surface area contributed by atoms with Crippen molar-refractivity contribution < 1.29 is 23.8 Å². The summed E-state index contributed by atoms with van der Waals surface area (Å²) in [7, 11) is 2.91. The fraction of sp³-hybridized carbons (Fsp3) is 0.148. The Balaban J connectivity index is 1.58. The number of anilines is 4. The summed E-state index contributed by atoms with van der Waals surface area (Å²) >= 11 is 6.37. The van der Waals surface area contributed by atoms with E-state index in [0.29, 0.717) is 52.4 Å². The number of hydrogen-bond donors (Lipinski definition) is 2. The molecule has 0 aliphatic carbocycles. The summed E-state index contributed by atoms with van der Waals surface area (Å²) in [4.78, 5) is 22.5. The second-order valence-corrected chi connectivity index (χ2v) is 8.70. The number of benzene rings is 3. The normalized spacial score (nSPS) is 12.3. The monoisotopic (exact) mass is 520 g/mol. The first-order valence-corrected chi connectivity index (χ1v) is 11.7. The highest BCUT2D eigenvalue weighted by atomic mass is 35.5. The Morgan fingerprint density at radius 1 is 1.11 bits per heavy atom. The van der Waals surface area contributed by atoms with Gasteiger partial charge in [0.05, 0.1) is 25.6 Å². The molecule has 4 aromatic rings. The molecule has 0 fully saturated rings. The van der Waals surface area contributed by atoms with Crippen LogP contribution < -0.4 is 19.7 Å². The van der Waals surface area contributed by atoms with E-state index in [-0.39, 0.29) is 11.3 Å². The first kappa shape index (κ1) is 24.3. The highest BCUT2D eigenvalue weighted by Crippen LogP contribution is 2.44. The van der Waals surface area contributed by atoms with Crippen molar-refractivity contribution in [1.82, 2.24) is 9.97 Å². The van der Waals surface area contributed by atoms with Gasteiger partial charge in [0.2, 0.25) is 5.95 Å². The van der Waals surface area contributed by atoms with Crippen LogP contribution in [0.1, 0.15) is 15.9 Å². The SMILES string of the molecule is COc1cc(Nc2ncc3c(n2)-c2ccc(Cl)cc2N(c2c(F)cccc2OC)CC3)ccc1C(=O)O. The molecular formula is C27H22ClFN4O4. The zero-order valence-electron chi connectivity index (χ0n) is 20.0. The first-order chi connectivity index (χ1) is 17.9. The van der Waals surface area contributed by atoms with Crippen molar-refractivity contribution in [2.24, 2.45) is 0 Å². The number of ether oxygens (including phenoxy) is 2. The van der Waals surface area contributed by atoms with Gasteiger partial charge in [-0.25, -0.2) is 19.2 Å². The molecule has 0 amide bonds. The van der Waals surface area contributed by atoms with Crippen LogP contribution in [0.25, 0.3) is 11.3 Å². The Morgan fingerprint density at radius 3 is 2.68 bits per heavy atom. The van der Waals surface area contributed by atoms with Gasteiger partial charge in [0, 0.05) is 35.1 Å². The molecule has 0 saturated heterocycles. The maximum Gasteiger partial charge on any atom is 0.339 e. The van der Waals surface area contributed by atoms with E-state index in [9.17, 15) is 9.90 Å². The topological polar surface area (TPSA) is 96.8 Å². The second kappa shape index (κ2) is 9.94. The number of carboxylic acids is 1. The van der Waals surface area contributed by atoms with Gasteiger partial charge in [-0.15, -0.1) is 0 Å². The maximum atomic E-state index is 15.1. The van der Waals surface area contributed by atoms with Gasteiger partial charge < -0.3 is 24.8 Å². The number of halogens is 2. The summed E-state index contributed by atoms with van der Waals surface area (Å²) in [6.45, 7) is 0.446. The molecule has 1 aliphatic rings. The molecule has 188 valence electrons. The standard InChI is InChI=1S/C27H22ClFN4O4/c1-36-22-5-3-4-20(29)25(22)33-11-10-15-14-30-27(32-24(15)18-8-6-16(28)12-21(18)33)31-17-7-9-19(26(34)35)23(13-17)37-2/h3-9,12-14H,10-11H2,1-2H3,(H,34,35)(H,30,31,32). The average Bonchev–Trinajstić information content (AvgIpc) is 3.04. The van der Waals surface area contributed by atoms with Gasteiger partial charge in [0.15, 0.2) is 5.82 Å². The van der Waals surface area contributed by atoms with Crippen molar-refractivity contribution >= 4 is 40.6 Å². The van der Waals surface area contributed by atoms with Crippen LogP contribution in [-0.4, -0.2) is 41.8 Å². The van der Waals surface area contributed by atoms with Crippen molar-refractivity contribution in [3.05, 3.63) is 82.8 Å². The third kappa shape index (κ3) is 4.61. The zero-order valence-corrected chi connectivity index (χ0v) is 20.7. The molecule has 37 heavy (non-hydrogen) atoms. The van der Waals surface area contributed by atoms with Gasteiger partial charge in [-0.3, -0.25) is 0 Å². The van der Waals surface area contributed by atoms with E-state index >= 15 is 4.39 Å². The lowest BCUT2D eigenvalue weighted by atomic mass is 10.0. The largest absolute Gasteiger partial charge is 0.496 e. The molecule has 0 atom stereocenters. The van der Waals surface area contributed by atoms with Gasteiger partial charge in [0.1, 0.15) is 22.7 Å². The molecule has 1 aliphatic heterocycles. The van der Waals surface area contributed by atoms with E-state index in [2.05, 4.69) is 10.3 Å².